The van der Waals surface area contributed by atoms with E-state index in [-0.39, 0.29) is 11.9 Å². The highest BCUT2D eigenvalue weighted by atomic mass is 79.9. The lowest BCUT2D eigenvalue weighted by Gasteiger charge is -2.19. The predicted octanol–water partition coefficient (Wildman–Crippen LogP) is 5.43. The van der Waals surface area contributed by atoms with Crippen molar-refractivity contribution in [3.8, 4) is 11.5 Å². The Bertz CT molecular complexity index is 773. The van der Waals surface area contributed by atoms with E-state index in [0.717, 1.165) is 5.56 Å². The van der Waals surface area contributed by atoms with Gasteiger partial charge in [0, 0.05) is 4.47 Å². The van der Waals surface area contributed by atoms with Gasteiger partial charge in [0.2, 0.25) is 0 Å². The van der Waals surface area contributed by atoms with Crippen molar-refractivity contribution < 1.29 is 13.9 Å². The highest BCUT2D eigenvalue weighted by molar-refractivity contribution is 9.10. The van der Waals surface area contributed by atoms with Crippen LogP contribution in [0.3, 0.4) is 0 Å². The smallest absolute Gasteiger partial charge is 0.171 e. The van der Waals surface area contributed by atoms with Gasteiger partial charge in [-0.3, -0.25) is 0 Å². The van der Waals surface area contributed by atoms with Crippen LogP contribution in [0.4, 0.5) is 10.1 Å². The Hall–Kier alpha value is -1.86. The van der Waals surface area contributed by atoms with Crippen molar-refractivity contribution in [3.05, 3.63) is 52.3 Å². The molecule has 140 valence electrons. The highest BCUT2D eigenvalue weighted by Gasteiger charge is 2.13. The number of anilines is 1. The Labute approximate surface area is 167 Å². The van der Waals surface area contributed by atoms with Crippen LogP contribution in [0.1, 0.15) is 32.4 Å². The first-order valence-electron chi connectivity index (χ1n) is 8.36. The van der Waals surface area contributed by atoms with E-state index in [4.69, 9.17) is 21.7 Å². The molecular weight excluding hydrogens is 419 g/mol. The molecule has 7 heteroatoms. The normalized spacial score (nSPS) is 11.6. The van der Waals surface area contributed by atoms with Gasteiger partial charge < -0.3 is 20.1 Å². The molecule has 4 nitrogen and oxygen atoms in total. The molecular formula is C19H22BrFN2O2S. The maximum absolute atomic E-state index is 13.9. The second-order valence-corrected chi connectivity index (χ2v) is 6.84. The number of hydrogen-bond acceptors (Lipinski definition) is 3. The molecule has 0 aromatic heterocycles. The molecule has 0 radical (unpaired) electrons. The molecule has 0 saturated carbocycles. The van der Waals surface area contributed by atoms with Gasteiger partial charge in [0.15, 0.2) is 16.6 Å². The third-order valence-electron chi connectivity index (χ3n) is 3.59. The fraction of sp³-hybridized carbons (Fsp3) is 0.316. The molecule has 0 amide bonds. The van der Waals surface area contributed by atoms with Gasteiger partial charge >= 0.3 is 0 Å². The molecule has 0 bridgehead atoms. The van der Waals surface area contributed by atoms with E-state index in [1.165, 1.54) is 6.07 Å². The summed E-state index contributed by atoms with van der Waals surface area (Å²) in [5.74, 6) is 1.03. The molecule has 0 spiro atoms. The predicted molar refractivity (Wildman–Crippen MR) is 111 cm³/mol. The second-order valence-electron chi connectivity index (χ2n) is 5.52. The van der Waals surface area contributed by atoms with Gasteiger partial charge in [0.1, 0.15) is 5.82 Å². The monoisotopic (exact) mass is 440 g/mol. The molecule has 0 aliphatic rings. The van der Waals surface area contributed by atoms with Crippen LogP contribution in [-0.2, 0) is 0 Å². The van der Waals surface area contributed by atoms with Gasteiger partial charge in [0.05, 0.1) is 24.9 Å². The first kappa shape index (κ1) is 20.5. The van der Waals surface area contributed by atoms with Gasteiger partial charge in [-0.1, -0.05) is 22.0 Å². The van der Waals surface area contributed by atoms with Crippen LogP contribution < -0.4 is 20.1 Å². The molecule has 0 aliphatic heterocycles. The maximum Gasteiger partial charge on any atom is 0.171 e. The molecule has 2 aromatic carbocycles. The summed E-state index contributed by atoms with van der Waals surface area (Å²) in [6.45, 7) is 6.94. The molecule has 2 rings (SSSR count). The third-order valence-corrected chi connectivity index (χ3v) is 4.31. The minimum atomic E-state index is -0.379. The average Bonchev–Trinajstić information content (AvgIpc) is 2.59. The van der Waals surface area contributed by atoms with E-state index in [2.05, 4.69) is 26.6 Å². The standard InChI is InChI=1S/C19H22BrFN2O2S/c1-4-24-17-9-6-13(10-18(17)25-5-2)12(3)22-19(26)23-16-8-7-14(20)11-15(16)21/h6-12H,4-5H2,1-3H3,(H2,22,23,26)/t12-/m0/s1. The van der Waals surface area contributed by atoms with E-state index < -0.39 is 0 Å². The van der Waals surface area contributed by atoms with Gasteiger partial charge in [0.25, 0.3) is 0 Å². The number of rotatable bonds is 7. The fourth-order valence-corrected chi connectivity index (χ4v) is 2.99. The van der Waals surface area contributed by atoms with Crippen molar-refractivity contribution >= 4 is 38.9 Å². The van der Waals surface area contributed by atoms with Crippen LogP contribution in [-0.4, -0.2) is 18.3 Å². The van der Waals surface area contributed by atoms with Crippen molar-refractivity contribution in [1.82, 2.24) is 5.32 Å². The van der Waals surface area contributed by atoms with Crippen LogP contribution in [0.15, 0.2) is 40.9 Å². The van der Waals surface area contributed by atoms with E-state index in [1.807, 2.05) is 39.0 Å². The number of halogens is 2. The molecule has 1 atom stereocenters. The van der Waals surface area contributed by atoms with Gasteiger partial charge in [-0.2, -0.15) is 0 Å². The quantitative estimate of drug-likeness (QED) is 0.561. The van der Waals surface area contributed by atoms with Crippen LogP contribution in [0.25, 0.3) is 0 Å². The van der Waals surface area contributed by atoms with Crippen molar-refractivity contribution in [2.24, 2.45) is 0 Å². The summed E-state index contributed by atoms with van der Waals surface area (Å²) in [5, 5.41) is 6.37. The summed E-state index contributed by atoms with van der Waals surface area (Å²) >= 11 is 8.53. The molecule has 0 fully saturated rings. The Morgan fingerprint density at radius 1 is 1.12 bits per heavy atom. The summed E-state index contributed by atoms with van der Waals surface area (Å²) in [4.78, 5) is 0. The Morgan fingerprint density at radius 2 is 1.81 bits per heavy atom. The topological polar surface area (TPSA) is 42.5 Å². The number of ether oxygens (including phenoxy) is 2. The van der Waals surface area contributed by atoms with Crippen LogP contribution in [0.2, 0.25) is 0 Å². The number of thiocarbonyl (C=S) groups is 1. The maximum atomic E-state index is 13.9. The minimum Gasteiger partial charge on any atom is -0.490 e. The molecule has 0 saturated heterocycles. The fourth-order valence-electron chi connectivity index (χ4n) is 2.37. The highest BCUT2D eigenvalue weighted by Crippen LogP contribution is 2.30. The first-order chi connectivity index (χ1) is 12.4. The summed E-state index contributed by atoms with van der Waals surface area (Å²) in [6, 6.07) is 10.4. The zero-order chi connectivity index (χ0) is 19.1. The largest absolute Gasteiger partial charge is 0.490 e. The van der Waals surface area contributed by atoms with Gasteiger partial charge in [-0.25, -0.2) is 4.39 Å². The lowest BCUT2D eigenvalue weighted by Crippen LogP contribution is -2.31. The zero-order valence-electron chi connectivity index (χ0n) is 14.9. The van der Waals surface area contributed by atoms with Crippen molar-refractivity contribution in [2.45, 2.75) is 26.8 Å². The van der Waals surface area contributed by atoms with Crippen molar-refractivity contribution in [2.75, 3.05) is 18.5 Å². The van der Waals surface area contributed by atoms with Gasteiger partial charge in [-0.05, 0) is 68.9 Å². The van der Waals surface area contributed by atoms with Crippen LogP contribution in [0, 0.1) is 5.82 Å². The summed E-state index contributed by atoms with van der Waals surface area (Å²) < 4.78 is 25.8. The number of hydrogen-bond donors (Lipinski definition) is 2. The van der Waals surface area contributed by atoms with E-state index >= 15 is 0 Å². The molecule has 26 heavy (non-hydrogen) atoms. The molecule has 0 unspecified atom stereocenters. The third kappa shape index (κ3) is 5.57. The summed E-state index contributed by atoms with van der Waals surface area (Å²) in [7, 11) is 0. The average molecular weight is 441 g/mol. The van der Waals surface area contributed by atoms with Crippen molar-refractivity contribution in [3.63, 3.8) is 0 Å². The minimum absolute atomic E-state index is 0.0941. The Kier molecular flexibility index (Phi) is 7.66. The van der Waals surface area contributed by atoms with E-state index in [9.17, 15) is 4.39 Å². The number of nitrogens with one attached hydrogen (secondary N) is 2. The van der Waals surface area contributed by atoms with Crippen molar-refractivity contribution in [1.29, 1.82) is 0 Å². The van der Waals surface area contributed by atoms with Crippen LogP contribution >= 0.6 is 28.1 Å². The molecule has 2 N–H and O–H groups in total. The van der Waals surface area contributed by atoms with E-state index in [1.54, 1.807) is 12.1 Å². The zero-order valence-corrected chi connectivity index (χ0v) is 17.3. The summed E-state index contributed by atoms with van der Waals surface area (Å²) in [5.41, 5.74) is 1.30. The number of benzene rings is 2. The van der Waals surface area contributed by atoms with Crippen LogP contribution in [0.5, 0.6) is 11.5 Å². The molecule has 0 aliphatic carbocycles. The lowest BCUT2D eigenvalue weighted by molar-refractivity contribution is 0.287. The Balaban J connectivity index is 2.07. The summed E-state index contributed by atoms with van der Waals surface area (Å²) in [6.07, 6.45) is 0. The lowest BCUT2D eigenvalue weighted by atomic mass is 10.1. The molecule has 0 heterocycles. The first-order valence-corrected chi connectivity index (χ1v) is 9.56. The SMILES string of the molecule is CCOc1ccc([C@H](C)NC(=S)Nc2ccc(Br)cc2F)cc1OCC. The second kappa shape index (κ2) is 9.73. The Morgan fingerprint density at radius 3 is 2.46 bits per heavy atom. The van der Waals surface area contributed by atoms with Gasteiger partial charge in [-0.15, -0.1) is 0 Å². The molecule has 2 aromatic rings. The van der Waals surface area contributed by atoms with E-state index in [0.29, 0.717) is 40.0 Å².